The summed E-state index contributed by atoms with van der Waals surface area (Å²) in [5, 5.41) is 0. The summed E-state index contributed by atoms with van der Waals surface area (Å²) in [5.41, 5.74) is 0. The SMILES string of the molecule is CCCCC/C=C\C/C=C\CCCCCCCC([CH]COCCCCCCCCCCCCCCCCCC)CCCN(C)C. The Labute approximate surface area is 286 Å². The van der Waals surface area contributed by atoms with E-state index in [4.69, 9.17) is 4.74 Å². The second-order valence-corrected chi connectivity index (χ2v) is 14.3. The predicted molar refractivity (Wildman–Crippen MR) is 205 cm³/mol. The summed E-state index contributed by atoms with van der Waals surface area (Å²) in [6.45, 7) is 7.58. The van der Waals surface area contributed by atoms with Crippen LogP contribution >= 0.6 is 0 Å². The Kier molecular flexibility index (Phi) is 39.1. The molecule has 0 rings (SSSR count). The lowest BCUT2D eigenvalue weighted by molar-refractivity contribution is 0.140. The Morgan fingerprint density at radius 1 is 0.467 bits per heavy atom. The van der Waals surface area contributed by atoms with Crippen LogP contribution in [0, 0.1) is 12.3 Å². The highest BCUT2D eigenvalue weighted by Gasteiger charge is 2.09. The van der Waals surface area contributed by atoms with E-state index in [9.17, 15) is 0 Å². The number of nitrogens with zero attached hydrogens (tertiary/aromatic N) is 1. The van der Waals surface area contributed by atoms with Crippen molar-refractivity contribution in [1.29, 1.82) is 0 Å². The number of ether oxygens (including phenoxy) is 1. The molecule has 0 aliphatic rings. The Balaban J connectivity index is 3.66. The van der Waals surface area contributed by atoms with Crippen LogP contribution in [0.15, 0.2) is 24.3 Å². The molecular weight excluding hydrogens is 546 g/mol. The van der Waals surface area contributed by atoms with Gasteiger partial charge in [0.2, 0.25) is 0 Å². The van der Waals surface area contributed by atoms with E-state index in [2.05, 4.69) is 63.6 Å². The van der Waals surface area contributed by atoms with Gasteiger partial charge in [-0.15, -0.1) is 0 Å². The van der Waals surface area contributed by atoms with Crippen LogP contribution in [0.2, 0.25) is 0 Å². The topological polar surface area (TPSA) is 12.5 Å². The van der Waals surface area contributed by atoms with Crippen molar-refractivity contribution in [3.05, 3.63) is 30.7 Å². The monoisotopic (exact) mass is 631 g/mol. The molecule has 0 saturated heterocycles. The van der Waals surface area contributed by atoms with Crippen molar-refractivity contribution in [2.24, 2.45) is 5.92 Å². The normalized spacial score (nSPS) is 12.8. The molecule has 0 aliphatic carbocycles. The van der Waals surface area contributed by atoms with Gasteiger partial charge in [-0.1, -0.05) is 179 Å². The Morgan fingerprint density at radius 3 is 1.42 bits per heavy atom. The fraction of sp³-hybridized carbons (Fsp3) is 0.884. The minimum atomic E-state index is 0.730. The van der Waals surface area contributed by atoms with Gasteiger partial charge in [-0.3, -0.25) is 0 Å². The lowest BCUT2D eigenvalue weighted by Gasteiger charge is -2.18. The minimum absolute atomic E-state index is 0.730. The van der Waals surface area contributed by atoms with E-state index < -0.39 is 0 Å². The van der Waals surface area contributed by atoms with Crippen molar-refractivity contribution in [3.63, 3.8) is 0 Å². The number of unbranched alkanes of at least 4 members (excludes halogenated alkanes) is 23. The molecular formula is C43H84NO. The second kappa shape index (κ2) is 39.6. The molecule has 0 bridgehead atoms. The van der Waals surface area contributed by atoms with E-state index in [-0.39, 0.29) is 0 Å². The van der Waals surface area contributed by atoms with Crippen LogP contribution in [0.5, 0.6) is 0 Å². The van der Waals surface area contributed by atoms with Crippen LogP contribution in [0.3, 0.4) is 0 Å². The average molecular weight is 631 g/mol. The molecule has 0 heterocycles. The van der Waals surface area contributed by atoms with Gasteiger partial charge in [0.25, 0.3) is 0 Å². The summed E-state index contributed by atoms with van der Waals surface area (Å²) in [4.78, 5) is 2.32. The highest BCUT2D eigenvalue weighted by Crippen LogP contribution is 2.20. The summed E-state index contributed by atoms with van der Waals surface area (Å²) < 4.78 is 6.06. The van der Waals surface area contributed by atoms with Gasteiger partial charge < -0.3 is 9.64 Å². The first kappa shape index (κ1) is 44.4. The third-order valence-electron chi connectivity index (χ3n) is 9.40. The van der Waals surface area contributed by atoms with E-state index in [1.807, 2.05) is 0 Å². The molecule has 0 aromatic heterocycles. The Bertz CT molecular complexity index is 582. The molecule has 0 aromatic rings. The molecule has 267 valence electrons. The third-order valence-corrected chi connectivity index (χ3v) is 9.40. The Hall–Kier alpha value is -0.600. The summed E-state index contributed by atoms with van der Waals surface area (Å²) in [7, 11) is 4.39. The summed E-state index contributed by atoms with van der Waals surface area (Å²) >= 11 is 0. The first-order valence-corrected chi connectivity index (χ1v) is 20.6. The van der Waals surface area contributed by atoms with Gasteiger partial charge >= 0.3 is 0 Å². The van der Waals surface area contributed by atoms with Gasteiger partial charge in [-0.05, 0) is 84.3 Å². The number of hydrogen-bond acceptors (Lipinski definition) is 2. The predicted octanol–water partition coefficient (Wildman–Crippen LogP) is 14.2. The zero-order valence-corrected chi connectivity index (χ0v) is 31.7. The van der Waals surface area contributed by atoms with Crippen molar-refractivity contribution >= 4 is 0 Å². The van der Waals surface area contributed by atoms with Crippen molar-refractivity contribution in [1.82, 2.24) is 4.90 Å². The third kappa shape index (κ3) is 39.5. The first-order chi connectivity index (χ1) is 22.2. The molecule has 1 unspecified atom stereocenters. The van der Waals surface area contributed by atoms with Crippen molar-refractivity contribution in [2.75, 3.05) is 33.9 Å². The van der Waals surface area contributed by atoms with Gasteiger partial charge in [-0.2, -0.15) is 0 Å². The van der Waals surface area contributed by atoms with Crippen molar-refractivity contribution < 1.29 is 4.74 Å². The summed E-state index contributed by atoms with van der Waals surface area (Å²) in [5.74, 6) is 0.730. The minimum Gasteiger partial charge on any atom is -0.381 e. The molecule has 1 atom stereocenters. The molecule has 0 aromatic carbocycles. The maximum Gasteiger partial charge on any atom is 0.0500 e. The average Bonchev–Trinajstić information content (AvgIpc) is 3.03. The van der Waals surface area contributed by atoms with Crippen LogP contribution in [-0.2, 0) is 4.74 Å². The second-order valence-electron chi connectivity index (χ2n) is 14.3. The maximum absolute atomic E-state index is 6.06. The lowest BCUT2D eigenvalue weighted by atomic mass is 9.93. The van der Waals surface area contributed by atoms with E-state index in [1.54, 1.807) is 0 Å². The molecule has 1 radical (unpaired) electrons. The highest BCUT2D eigenvalue weighted by molar-refractivity contribution is 4.92. The van der Waals surface area contributed by atoms with Crippen LogP contribution in [0.1, 0.15) is 206 Å². The largest absolute Gasteiger partial charge is 0.381 e. The molecule has 0 N–H and O–H groups in total. The molecule has 45 heavy (non-hydrogen) atoms. The van der Waals surface area contributed by atoms with E-state index in [0.717, 1.165) is 25.6 Å². The quantitative estimate of drug-likeness (QED) is 0.0497. The standard InChI is InChI=1S/C43H84NO/c1-5-7-9-11-13-15-17-19-21-23-25-27-29-31-33-35-41-45-42-39-43(38-36-40-44(3)4)37-34-32-30-28-26-24-22-20-18-16-14-12-10-8-6-2/h14,16,20,22,39,43H,5-13,15,17-19,21,23-38,40-42H2,1-4H3/b16-14-,22-20-. The van der Waals surface area contributed by atoms with Crippen LogP contribution < -0.4 is 0 Å². The van der Waals surface area contributed by atoms with Crippen LogP contribution in [0.4, 0.5) is 0 Å². The van der Waals surface area contributed by atoms with Crippen LogP contribution in [-0.4, -0.2) is 38.8 Å². The zero-order valence-electron chi connectivity index (χ0n) is 31.7. The van der Waals surface area contributed by atoms with Gasteiger partial charge in [-0.25, -0.2) is 0 Å². The van der Waals surface area contributed by atoms with Gasteiger partial charge in [0.1, 0.15) is 0 Å². The molecule has 0 amide bonds. The van der Waals surface area contributed by atoms with Crippen LogP contribution in [0.25, 0.3) is 0 Å². The zero-order chi connectivity index (χ0) is 32.7. The molecule has 0 saturated carbocycles. The van der Waals surface area contributed by atoms with E-state index in [0.29, 0.717) is 0 Å². The Morgan fingerprint density at radius 2 is 0.889 bits per heavy atom. The fourth-order valence-electron chi connectivity index (χ4n) is 6.31. The summed E-state index contributed by atoms with van der Waals surface area (Å²) in [6.07, 6.45) is 53.3. The number of rotatable bonds is 38. The highest BCUT2D eigenvalue weighted by atomic mass is 16.5. The van der Waals surface area contributed by atoms with E-state index >= 15 is 0 Å². The van der Waals surface area contributed by atoms with Crippen molar-refractivity contribution in [2.45, 2.75) is 206 Å². The molecule has 2 heteroatoms. The van der Waals surface area contributed by atoms with Gasteiger partial charge in [0.05, 0.1) is 6.61 Å². The van der Waals surface area contributed by atoms with Gasteiger partial charge in [0.15, 0.2) is 0 Å². The number of hydrogen-bond donors (Lipinski definition) is 0. The maximum atomic E-state index is 6.06. The molecule has 0 spiro atoms. The smallest absolute Gasteiger partial charge is 0.0500 e. The molecule has 0 aliphatic heterocycles. The van der Waals surface area contributed by atoms with Gasteiger partial charge in [0, 0.05) is 6.61 Å². The first-order valence-electron chi connectivity index (χ1n) is 20.6. The fourth-order valence-corrected chi connectivity index (χ4v) is 6.31. The lowest BCUT2D eigenvalue weighted by Crippen LogP contribution is -2.15. The molecule has 2 nitrogen and oxygen atoms in total. The molecule has 0 fully saturated rings. The van der Waals surface area contributed by atoms with Crippen molar-refractivity contribution in [3.8, 4) is 0 Å². The van der Waals surface area contributed by atoms with E-state index in [1.165, 1.54) is 193 Å². The summed E-state index contributed by atoms with van der Waals surface area (Å²) in [6, 6.07) is 0. The number of allylic oxidation sites excluding steroid dienone is 4.